The molecule has 0 saturated heterocycles. The van der Waals surface area contributed by atoms with E-state index < -0.39 is 0 Å². The molecule has 0 spiro atoms. The third-order valence-corrected chi connectivity index (χ3v) is 4.60. The zero-order valence-electron chi connectivity index (χ0n) is 16.7. The fourth-order valence-electron chi connectivity index (χ4n) is 3.01. The molecule has 0 fully saturated rings. The van der Waals surface area contributed by atoms with Crippen LogP contribution in [-0.4, -0.2) is 27.3 Å². The fourth-order valence-corrected chi connectivity index (χ4v) is 3.01. The first-order valence-corrected chi connectivity index (χ1v) is 9.41. The van der Waals surface area contributed by atoms with Crippen molar-refractivity contribution in [2.75, 3.05) is 6.61 Å². The van der Waals surface area contributed by atoms with E-state index in [-0.39, 0.29) is 18.6 Å². The van der Waals surface area contributed by atoms with Crippen LogP contribution in [0.4, 0.5) is 0 Å². The monoisotopic (exact) mass is 378 g/mol. The zero-order valence-corrected chi connectivity index (χ0v) is 16.7. The van der Waals surface area contributed by atoms with Crippen LogP contribution in [0.3, 0.4) is 0 Å². The fraction of sp³-hybridized carbons (Fsp3) is 0.318. The molecule has 0 saturated carbocycles. The topological polar surface area (TPSA) is 69.0 Å². The van der Waals surface area contributed by atoms with E-state index in [0.29, 0.717) is 5.92 Å². The van der Waals surface area contributed by atoms with E-state index in [9.17, 15) is 4.79 Å². The van der Waals surface area contributed by atoms with Crippen LogP contribution in [0.5, 0.6) is 5.75 Å². The van der Waals surface area contributed by atoms with E-state index in [4.69, 9.17) is 4.74 Å². The number of aromatic nitrogens is 3. The smallest absolute Gasteiger partial charge is 0.258 e. The molecule has 3 aromatic rings. The minimum absolute atomic E-state index is 0.00937. The molecular weight excluding hydrogens is 352 g/mol. The van der Waals surface area contributed by atoms with E-state index in [2.05, 4.69) is 41.4 Å². The second-order valence-electron chi connectivity index (χ2n) is 7.21. The van der Waals surface area contributed by atoms with Crippen molar-refractivity contribution in [1.82, 2.24) is 20.1 Å². The van der Waals surface area contributed by atoms with Gasteiger partial charge in [-0.3, -0.25) is 4.79 Å². The highest BCUT2D eigenvalue weighted by molar-refractivity contribution is 5.78. The molecule has 28 heavy (non-hydrogen) atoms. The Hall–Kier alpha value is -3.15. The van der Waals surface area contributed by atoms with Crippen LogP contribution in [0.1, 0.15) is 49.4 Å². The highest BCUT2D eigenvalue weighted by Crippen LogP contribution is 2.27. The molecule has 6 heteroatoms. The zero-order chi connectivity index (χ0) is 20.1. The van der Waals surface area contributed by atoms with Gasteiger partial charge in [0.05, 0.1) is 11.7 Å². The van der Waals surface area contributed by atoms with Crippen molar-refractivity contribution in [3.05, 3.63) is 71.8 Å². The minimum Gasteiger partial charge on any atom is -0.483 e. The first kappa shape index (κ1) is 19.6. The highest BCUT2D eigenvalue weighted by Gasteiger charge is 2.13. The first-order valence-electron chi connectivity index (χ1n) is 9.41. The van der Waals surface area contributed by atoms with Crippen LogP contribution in [0, 0.1) is 6.92 Å². The summed E-state index contributed by atoms with van der Waals surface area (Å²) in [6.07, 6.45) is 3.14. The van der Waals surface area contributed by atoms with Gasteiger partial charge >= 0.3 is 0 Å². The Morgan fingerprint density at radius 2 is 1.89 bits per heavy atom. The SMILES string of the molecule is Cc1ccc(C(C)C)c(OCC(=O)NC(C)c2ccc(-n3cncn3)cc2)c1. The number of carbonyl (C=O) groups excluding carboxylic acids is 1. The predicted molar refractivity (Wildman–Crippen MR) is 109 cm³/mol. The molecule has 0 aliphatic carbocycles. The second kappa shape index (κ2) is 8.69. The summed E-state index contributed by atoms with van der Waals surface area (Å²) >= 11 is 0. The summed E-state index contributed by atoms with van der Waals surface area (Å²) in [5, 5.41) is 7.09. The second-order valence-corrected chi connectivity index (χ2v) is 7.21. The maximum absolute atomic E-state index is 12.4. The number of amides is 1. The molecule has 0 radical (unpaired) electrons. The van der Waals surface area contributed by atoms with Gasteiger partial charge in [-0.2, -0.15) is 5.10 Å². The number of benzene rings is 2. The van der Waals surface area contributed by atoms with Crippen LogP contribution in [0.15, 0.2) is 55.1 Å². The largest absolute Gasteiger partial charge is 0.483 e. The molecule has 1 N–H and O–H groups in total. The first-order chi connectivity index (χ1) is 13.4. The predicted octanol–water partition coefficient (Wildman–Crippen LogP) is 3.96. The van der Waals surface area contributed by atoms with E-state index in [1.165, 1.54) is 6.33 Å². The molecule has 1 amide bonds. The van der Waals surface area contributed by atoms with Gasteiger partial charge in [0.1, 0.15) is 18.4 Å². The summed E-state index contributed by atoms with van der Waals surface area (Å²) in [6.45, 7) is 8.19. The number of aryl methyl sites for hydroxylation is 1. The number of nitrogens with zero attached hydrogens (tertiary/aromatic N) is 3. The molecule has 1 atom stereocenters. The Kier molecular flexibility index (Phi) is 6.09. The normalized spacial score (nSPS) is 12.0. The number of hydrogen-bond acceptors (Lipinski definition) is 4. The average Bonchev–Trinajstić information content (AvgIpc) is 3.21. The minimum atomic E-state index is -0.149. The molecule has 1 unspecified atom stereocenters. The van der Waals surface area contributed by atoms with Gasteiger partial charge in [0.15, 0.2) is 6.61 Å². The van der Waals surface area contributed by atoms with Crippen molar-refractivity contribution in [2.24, 2.45) is 0 Å². The van der Waals surface area contributed by atoms with Gasteiger partial charge in [-0.1, -0.05) is 38.1 Å². The van der Waals surface area contributed by atoms with Crippen molar-refractivity contribution in [1.29, 1.82) is 0 Å². The molecule has 3 rings (SSSR count). The lowest BCUT2D eigenvalue weighted by molar-refractivity contribution is -0.123. The summed E-state index contributed by atoms with van der Waals surface area (Å²) < 4.78 is 7.50. The molecule has 6 nitrogen and oxygen atoms in total. The molecule has 0 bridgehead atoms. The van der Waals surface area contributed by atoms with Gasteiger partial charge in [-0.05, 0) is 54.7 Å². The number of ether oxygens (including phenoxy) is 1. The number of hydrogen-bond donors (Lipinski definition) is 1. The van der Waals surface area contributed by atoms with Crippen molar-refractivity contribution >= 4 is 5.91 Å². The van der Waals surface area contributed by atoms with E-state index in [0.717, 1.165) is 28.1 Å². The van der Waals surface area contributed by atoms with Gasteiger partial charge in [-0.25, -0.2) is 9.67 Å². The van der Waals surface area contributed by atoms with Crippen molar-refractivity contribution in [3.63, 3.8) is 0 Å². The Labute approximate surface area is 165 Å². The average molecular weight is 378 g/mol. The van der Waals surface area contributed by atoms with Crippen LogP contribution in [0.25, 0.3) is 5.69 Å². The van der Waals surface area contributed by atoms with Crippen LogP contribution in [-0.2, 0) is 4.79 Å². The third-order valence-electron chi connectivity index (χ3n) is 4.60. The van der Waals surface area contributed by atoms with Gasteiger partial charge in [0.2, 0.25) is 0 Å². The standard InChI is InChI=1S/C22H26N4O2/c1-15(2)20-10-5-16(3)11-21(20)28-12-22(27)25-17(4)18-6-8-19(9-7-18)26-14-23-13-24-26/h5-11,13-15,17H,12H2,1-4H3,(H,25,27). The van der Waals surface area contributed by atoms with Gasteiger partial charge in [0, 0.05) is 0 Å². The number of nitrogens with one attached hydrogen (secondary N) is 1. The lowest BCUT2D eigenvalue weighted by Gasteiger charge is -2.17. The molecule has 1 aromatic heterocycles. The van der Waals surface area contributed by atoms with Gasteiger partial charge in [-0.15, -0.1) is 0 Å². The summed E-state index contributed by atoms with van der Waals surface area (Å²) in [5.74, 6) is 0.958. The van der Waals surface area contributed by atoms with E-state index in [1.54, 1.807) is 11.0 Å². The highest BCUT2D eigenvalue weighted by atomic mass is 16.5. The molecule has 1 heterocycles. The maximum atomic E-state index is 12.4. The third kappa shape index (κ3) is 4.76. The van der Waals surface area contributed by atoms with E-state index in [1.807, 2.05) is 44.2 Å². The van der Waals surface area contributed by atoms with Crippen LogP contribution >= 0.6 is 0 Å². The Morgan fingerprint density at radius 3 is 2.54 bits per heavy atom. The van der Waals surface area contributed by atoms with Crippen LogP contribution in [0.2, 0.25) is 0 Å². The molecular formula is C22H26N4O2. The van der Waals surface area contributed by atoms with Crippen molar-refractivity contribution < 1.29 is 9.53 Å². The molecule has 0 aliphatic rings. The van der Waals surface area contributed by atoms with Crippen molar-refractivity contribution in [2.45, 2.75) is 39.7 Å². The van der Waals surface area contributed by atoms with Crippen LogP contribution < -0.4 is 10.1 Å². The summed E-state index contributed by atoms with van der Waals surface area (Å²) in [5.41, 5.74) is 4.15. The lowest BCUT2D eigenvalue weighted by Crippen LogP contribution is -2.31. The van der Waals surface area contributed by atoms with E-state index >= 15 is 0 Å². The Balaban J connectivity index is 1.58. The molecule has 2 aromatic carbocycles. The summed E-state index contributed by atoms with van der Waals surface area (Å²) in [4.78, 5) is 16.3. The Bertz CT molecular complexity index is 918. The molecule has 146 valence electrons. The van der Waals surface area contributed by atoms with Gasteiger partial charge in [0.25, 0.3) is 5.91 Å². The van der Waals surface area contributed by atoms with Gasteiger partial charge < -0.3 is 10.1 Å². The summed E-state index contributed by atoms with van der Waals surface area (Å²) in [6, 6.07) is 13.8. The quantitative estimate of drug-likeness (QED) is 0.676. The Morgan fingerprint density at radius 1 is 1.14 bits per heavy atom. The summed E-state index contributed by atoms with van der Waals surface area (Å²) in [7, 11) is 0. The lowest BCUT2D eigenvalue weighted by atomic mass is 10.0. The number of rotatable bonds is 7. The molecule has 0 aliphatic heterocycles. The van der Waals surface area contributed by atoms with Crippen molar-refractivity contribution in [3.8, 4) is 11.4 Å². The maximum Gasteiger partial charge on any atom is 0.258 e. The number of carbonyl (C=O) groups is 1.